The fourth-order valence-electron chi connectivity index (χ4n) is 4.65. The predicted molar refractivity (Wildman–Crippen MR) is 122 cm³/mol. The summed E-state index contributed by atoms with van der Waals surface area (Å²) in [6, 6.07) is 17.4. The molecule has 2 saturated heterocycles. The summed E-state index contributed by atoms with van der Waals surface area (Å²) in [5, 5.41) is 9.18. The molecule has 4 rings (SSSR count). The van der Waals surface area contributed by atoms with Crippen LogP contribution in [0, 0.1) is 11.3 Å². The second-order valence-corrected chi connectivity index (χ2v) is 9.06. The van der Waals surface area contributed by atoms with E-state index in [2.05, 4.69) is 31.7 Å². The Hall–Kier alpha value is -2.88. The molecule has 2 aromatic rings. The Kier molecular flexibility index (Phi) is 6.50. The Bertz CT molecular complexity index is 990. The molecule has 2 aliphatic rings. The van der Waals surface area contributed by atoms with Gasteiger partial charge in [0.05, 0.1) is 24.8 Å². The number of para-hydroxylation sites is 1. The van der Waals surface area contributed by atoms with Crippen molar-refractivity contribution in [2.45, 2.75) is 44.9 Å². The van der Waals surface area contributed by atoms with Crippen LogP contribution >= 0.6 is 0 Å². The fraction of sp³-hybridized carbons (Fsp3) is 0.462. The van der Waals surface area contributed by atoms with Gasteiger partial charge >= 0.3 is 0 Å². The minimum absolute atomic E-state index is 0.00611. The van der Waals surface area contributed by atoms with E-state index in [1.54, 1.807) is 12.1 Å². The second kappa shape index (κ2) is 9.32. The van der Waals surface area contributed by atoms with E-state index in [1.165, 1.54) is 0 Å². The molecule has 0 aliphatic carbocycles. The maximum absolute atomic E-state index is 13.3. The van der Waals surface area contributed by atoms with Crippen molar-refractivity contribution in [2.24, 2.45) is 0 Å². The van der Waals surface area contributed by atoms with Gasteiger partial charge in [-0.3, -0.25) is 9.69 Å². The SMILES string of the molecule is CCc1ccccc1O[C@@H]1C(=O)N(CC(C)(C)N2CCOCC2)[C@@H]1c1ccc(C#N)cc1. The molecule has 0 saturated carbocycles. The lowest BCUT2D eigenvalue weighted by molar-refractivity contribution is -0.168. The number of amides is 1. The Morgan fingerprint density at radius 3 is 2.47 bits per heavy atom. The monoisotopic (exact) mass is 433 g/mol. The number of ether oxygens (including phenoxy) is 2. The average Bonchev–Trinajstić information content (AvgIpc) is 2.84. The summed E-state index contributed by atoms with van der Waals surface area (Å²) < 4.78 is 11.8. The zero-order valence-corrected chi connectivity index (χ0v) is 19.1. The largest absolute Gasteiger partial charge is 0.478 e. The van der Waals surface area contributed by atoms with Gasteiger partial charge in [-0.2, -0.15) is 5.26 Å². The van der Waals surface area contributed by atoms with E-state index in [4.69, 9.17) is 9.47 Å². The lowest BCUT2D eigenvalue weighted by atomic mass is 9.87. The lowest BCUT2D eigenvalue weighted by Gasteiger charge is -2.52. The Morgan fingerprint density at radius 1 is 1.12 bits per heavy atom. The summed E-state index contributed by atoms with van der Waals surface area (Å²) in [6.45, 7) is 10.2. The Balaban J connectivity index is 1.60. The van der Waals surface area contributed by atoms with Crippen LogP contribution in [0.1, 0.15) is 43.5 Å². The predicted octanol–water partition coefficient (Wildman–Crippen LogP) is 3.56. The molecule has 0 radical (unpaired) electrons. The van der Waals surface area contributed by atoms with Crippen molar-refractivity contribution in [3.63, 3.8) is 0 Å². The molecule has 2 fully saturated rings. The van der Waals surface area contributed by atoms with E-state index in [0.29, 0.717) is 12.1 Å². The van der Waals surface area contributed by atoms with Crippen molar-refractivity contribution < 1.29 is 14.3 Å². The summed E-state index contributed by atoms with van der Waals surface area (Å²) in [4.78, 5) is 17.7. The van der Waals surface area contributed by atoms with Crippen LogP contribution in [0.25, 0.3) is 0 Å². The molecule has 2 aromatic carbocycles. The first-order chi connectivity index (χ1) is 15.4. The minimum Gasteiger partial charge on any atom is -0.478 e. The number of hydrogen-bond donors (Lipinski definition) is 0. The summed E-state index contributed by atoms with van der Waals surface area (Å²) >= 11 is 0. The third-order valence-electron chi connectivity index (χ3n) is 6.56. The van der Waals surface area contributed by atoms with E-state index in [1.807, 2.05) is 41.3 Å². The van der Waals surface area contributed by atoms with Gasteiger partial charge in [0.2, 0.25) is 6.10 Å². The maximum atomic E-state index is 13.3. The number of rotatable bonds is 7. The van der Waals surface area contributed by atoms with Gasteiger partial charge < -0.3 is 14.4 Å². The van der Waals surface area contributed by atoms with E-state index in [0.717, 1.165) is 49.6 Å². The molecule has 168 valence electrons. The van der Waals surface area contributed by atoms with E-state index < -0.39 is 6.10 Å². The first kappa shape index (κ1) is 22.3. The van der Waals surface area contributed by atoms with Crippen molar-refractivity contribution in [3.05, 3.63) is 65.2 Å². The number of carbonyl (C=O) groups is 1. The summed E-state index contributed by atoms with van der Waals surface area (Å²) in [7, 11) is 0. The topological polar surface area (TPSA) is 65.8 Å². The van der Waals surface area contributed by atoms with Gasteiger partial charge in [0.25, 0.3) is 5.91 Å². The van der Waals surface area contributed by atoms with Gasteiger partial charge in [-0.15, -0.1) is 0 Å². The van der Waals surface area contributed by atoms with E-state index in [9.17, 15) is 10.1 Å². The highest BCUT2D eigenvalue weighted by atomic mass is 16.5. The Morgan fingerprint density at radius 2 is 1.81 bits per heavy atom. The quantitative estimate of drug-likeness (QED) is 0.625. The molecule has 0 bridgehead atoms. The first-order valence-electron chi connectivity index (χ1n) is 11.3. The lowest BCUT2D eigenvalue weighted by Crippen LogP contribution is -2.66. The molecule has 0 aromatic heterocycles. The van der Waals surface area contributed by atoms with Crippen LogP contribution < -0.4 is 4.74 Å². The third kappa shape index (κ3) is 4.36. The molecular formula is C26H31N3O3. The zero-order chi connectivity index (χ0) is 22.7. The number of β-lactam (4-membered cyclic amide) rings is 1. The number of nitriles is 1. The molecule has 2 atom stereocenters. The standard InChI is InChI=1S/C26H31N3O3/c1-4-20-7-5-6-8-22(20)32-24-23(21-11-9-19(17-27)10-12-21)29(25(24)30)18-26(2,3)28-13-15-31-16-14-28/h5-12,23-24H,4,13-16,18H2,1-3H3/t23-,24+/m1/s1. The van der Waals surface area contributed by atoms with Gasteiger partial charge in [-0.05, 0) is 49.6 Å². The maximum Gasteiger partial charge on any atom is 0.266 e. The molecule has 0 unspecified atom stereocenters. The number of hydrogen-bond acceptors (Lipinski definition) is 5. The molecule has 6 nitrogen and oxygen atoms in total. The average molecular weight is 434 g/mol. The Labute approximate surface area is 190 Å². The number of likely N-dealkylation sites (tertiary alicyclic amines) is 1. The van der Waals surface area contributed by atoms with Gasteiger partial charge in [0.1, 0.15) is 11.8 Å². The van der Waals surface area contributed by atoms with Gasteiger partial charge in [-0.1, -0.05) is 37.3 Å². The highest BCUT2D eigenvalue weighted by Crippen LogP contribution is 2.40. The van der Waals surface area contributed by atoms with Crippen molar-refractivity contribution in [2.75, 3.05) is 32.8 Å². The van der Waals surface area contributed by atoms with Gasteiger partial charge in [-0.25, -0.2) is 0 Å². The highest BCUT2D eigenvalue weighted by Gasteiger charge is 2.52. The zero-order valence-electron chi connectivity index (χ0n) is 19.1. The number of benzene rings is 2. The molecule has 2 aliphatic heterocycles. The number of aryl methyl sites for hydroxylation is 1. The van der Waals surface area contributed by atoms with Crippen LogP contribution in [0.3, 0.4) is 0 Å². The number of carbonyl (C=O) groups excluding carboxylic acids is 1. The molecule has 2 heterocycles. The van der Waals surface area contributed by atoms with Crippen molar-refractivity contribution in [3.8, 4) is 11.8 Å². The van der Waals surface area contributed by atoms with Crippen LogP contribution in [0.2, 0.25) is 0 Å². The smallest absolute Gasteiger partial charge is 0.266 e. The molecular weight excluding hydrogens is 402 g/mol. The van der Waals surface area contributed by atoms with Crippen LogP contribution in [-0.2, 0) is 16.0 Å². The molecule has 0 N–H and O–H groups in total. The number of nitrogens with zero attached hydrogens (tertiary/aromatic N) is 3. The summed E-state index contributed by atoms with van der Waals surface area (Å²) in [6.07, 6.45) is 0.267. The van der Waals surface area contributed by atoms with Gasteiger partial charge in [0.15, 0.2) is 0 Å². The molecule has 6 heteroatoms. The summed E-state index contributed by atoms with van der Waals surface area (Å²) in [5.74, 6) is 0.769. The van der Waals surface area contributed by atoms with Gasteiger partial charge in [0, 0.05) is 25.2 Å². The van der Waals surface area contributed by atoms with Crippen molar-refractivity contribution in [1.29, 1.82) is 5.26 Å². The third-order valence-corrected chi connectivity index (χ3v) is 6.56. The van der Waals surface area contributed by atoms with Crippen LogP contribution in [0.4, 0.5) is 0 Å². The number of morpholine rings is 1. The van der Waals surface area contributed by atoms with Crippen molar-refractivity contribution in [1.82, 2.24) is 9.80 Å². The van der Waals surface area contributed by atoms with E-state index >= 15 is 0 Å². The minimum atomic E-state index is -0.573. The van der Waals surface area contributed by atoms with Crippen LogP contribution in [0.15, 0.2) is 48.5 Å². The summed E-state index contributed by atoms with van der Waals surface area (Å²) in [5.41, 5.74) is 2.50. The normalized spacial score (nSPS) is 21.7. The highest BCUT2D eigenvalue weighted by molar-refractivity contribution is 5.89. The second-order valence-electron chi connectivity index (χ2n) is 9.06. The van der Waals surface area contributed by atoms with Crippen molar-refractivity contribution >= 4 is 5.91 Å². The van der Waals surface area contributed by atoms with E-state index in [-0.39, 0.29) is 17.5 Å². The van der Waals surface area contributed by atoms with Crippen LogP contribution in [-0.4, -0.2) is 60.2 Å². The first-order valence-corrected chi connectivity index (χ1v) is 11.3. The molecule has 1 amide bonds. The molecule has 32 heavy (non-hydrogen) atoms. The molecule has 0 spiro atoms. The van der Waals surface area contributed by atoms with Crippen LogP contribution in [0.5, 0.6) is 5.75 Å². The fourth-order valence-corrected chi connectivity index (χ4v) is 4.65.